The summed E-state index contributed by atoms with van der Waals surface area (Å²) in [5.74, 6) is 0.920. The van der Waals surface area contributed by atoms with Gasteiger partial charge in [-0.15, -0.1) is 11.8 Å². The fourth-order valence-corrected chi connectivity index (χ4v) is 2.42. The van der Waals surface area contributed by atoms with Gasteiger partial charge < -0.3 is 10.1 Å². The van der Waals surface area contributed by atoms with Crippen LogP contribution in [-0.2, 0) is 16.1 Å². The largest absolute Gasteiger partial charge is 0.465 e. The van der Waals surface area contributed by atoms with E-state index in [1.54, 1.807) is 0 Å². The van der Waals surface area contributed by atoms with Crippen molar-refractivity contribution in [3.05, 3.63) is 29.8 Å². The molecular weight excluding hydrogens is 282 g/mol. The standard InChI is InChI=1S/C17H27NO2S/c1-4-5-10-20-17(19)13-21-16-8-6-15(7-9-16)12-18-11-14(2)3/h6-9,14,18H,4-5,10-13H2,1-3H3. The first-order valence-electron chi connectivity index (χ1n) is 7.70. The average Bonchev–Trinajstić information content (AvgIpc) is 2.46. The zero-order valence-corrected chi connectivity index (χ0v) is 14.2. The summed E-state index contributed by atoms with van der Waals surface area (Å²) >= 11 is 1.53. The van der Waals surface area contributed by atoms with Gasteiger partial charge in [-0.2, -0.15) is 0 Å². The maximum atomic E-state index is 11.5. The van der Waals surface area contributed by atoms with E-state index in [-0.39, 0.29) is 5.97 Å². The molecule has 0 bridgehead atoms. The first-order valence-corrected chi connectivity index (χ1v) is 8.68. The molecule has 0 radical (unpaired) electrons. The molecule has 1 N–H and O–H groups in total. The molecule has 0 fully saturated rings. The maximum Gasteiger partial charge on any atom is 0.316 e. The molecular formula is C17H27NO2S. The van der Waals surface area contributed by atoms with Gasteiger partial charge in [-0.05, 0) is 36.6 Å². The zero-order valence-electron chi connectivity index (χ0n) is 13.4. The van der Waals surface area contributed by atoms with Crippen LogP contribution in [0.2, 0.25) is 0 Å². The van der Waals surface area contributed by atoms with E-state index < -0.39 is 0 Å². The predicted molar refractivity (Wildman–Crippen MR) is 89.6 cm³/mol. The summed E-state index contributed by atoms with van der Waals surface area (Å²) in [4.78, 5) is 12.6. The summed E-state index contributed by atoms with van der Waals surface area (Å²) in [7, 11) is 0. The molecule has 0 heterocycles. The van der Waals surface area contributed by atoms with E-state index in [1.165, 1.54) is 17.3 Å². The number of esters is 1. The van der Waals surface area contributed by atoms with Crippen LogP contribution in [0.25, 0.3) is 0 Å². The average molecular weight is 309 g/mol. The van der Waals surface area contributed by atoms with Crippen LogP contribution in [0, 0.1) is 5.92 Å². The molecule has 0 atom stereocenters. The maximum absolute atomic E-state index is 11.5. The van der Waals surface area contributed by atoms with Gasteiger partial charge in [-0.3, -0.25) is 4.79 Å². The molecule has 21 heavy (non-hydrogen) atoms. The molecule has 0 amide bonds. The Morgan fingerprint density at radius 1 is 1.29 bits per heavy atom. The number of ether oxygens (including phenoxy) is 1. The Morgan fingerprint density at radius 3 is 2.62 bits per heavy atom. The molecule has 4 heteroatoms. The first kappa shape index (κ1) is 18.1. The predicted octanol–water partition coefficient (Wildman–Crippen LogP) is 3.87. The Balaban J connectivity index is 2.25. The van der Waals surface area contributed by atoms with E-state index >= 15 is 0 Å². The highest BCUT2D eigenvalue weighted by Crippen LogP contribution is 2.18. The lowest BCUT2D eigenvalue weighted by Crippen LogP contribution is -2.18. The van der Waals surface area contributed by atoms with E-state index in [2.05, 4.69) is 50.4 Å². The fourth-order valence-electron chi connectivity index (χ4n) is 1.72. The molecule has 0 spiro atoms. The van der Waals surface area contributed by atoms with E-state index in [0.29, 0.717) is 18.3 Å². The first-order chi connectivity index (χ1) is 10.1. The van der Waals surface area contributed by atoms with Gasteiger partial charge in [0, 0.05) is 11.4 Å². The summed E-state index contributed by atoms with van der Waals surface area (Å²) < 4.78 is 5.13. The van der Waals surface area contributed by atoms with E-state index in [4.69, 9.17) is 4.74 Å². The molecule has 0 aliphatic heterocycles. The second-order valence-electron chi connectivity index (χ2n) is 5.53. The molecule has 0 aromatic heterocycles. The van der Waals surface area contributed by atoms with Gasteiger partial charge >= 0.3 is 5.97 Å². The second kappa shape index (κ2) is 10.7. The van der Waals surface area contributed by atoms with Crippen molar-refractivity contribution in [2.45, 2.75) is 45.1 Å². The number of carbonyl (C=O) groups is 1. The van der Waals surface area contributed by atoms with Gasteiger partial charge in [-0.1, -0.05) is 39.3 Å². The third kappa shape index (κ3) is 8.79. The molecule has 1 rings (SSSR count). The number of nitrogens with one attached hydrogen (secondary N) is 1. The number of thioether (sulfide) groups is 1. The van der Waals surface area contributed by atoms with Crippen molar-refractivity contribution in [3.8, 4) is 0 Å². The van der Waals surface area contributed by atoms with Gasteiger partial charge in [0.2, 0.25) is 0 Å². The number of rotatable bonds is 10. The summed E-state index contributed by atoms with van der Waals surface area (Å²) in [6.07, 6.45) is 1.99. The van der Waals surface area contributed by atoms with E-state index in [1.807, 2.05) is 0 Å². The lowest BCUT2D eigenvalue weighted by atomic mass is 10.2. The summed E-state index contributed by atoms with van der Waals surface area (Å²) in [5, 5.41) is 3.42. The lowest BCUT2D eigenvalue weighted by molar-refractivity contribution is -0.140. The minimum Gasteiger partial charge on any atom is -0.465 e. The van der Waals surface area contributed by atoms with Crippen molar-refractivity contribution in [2.75, 3.05) is 18.9 Å². The van der Waals surface area contributed by atoms with Gasteiger partial charge in [0.15, 0.2) is 0 Å². The zero-order chi connectivity index (χ0) is 15.5. The molecule has 3 nitrogen and oxygen atoms in total. The number of unbranched alkanes of at least 4 members (excludes halogenated alkanes) is 1. The van der Waals surface area contributed by atoms with Crippen molar-refractivity contribution >= 4 is 17.7 Å². The second-order valence-corrected chi connectivity index (χ2v) is 6.58. The van der Waals surface area contributed by atoms with E-state index in [0.717, 1.165) is 30.8 Å². The number of carbonyl (C=O) groups excluding carboxylic acids is 1. The van der Waals surface area contributed by atoms with Crippen molar-refractivity contribution < 1.29 is 9.53 Å². The third-order valence-corrected chi connectivity index (χ3v) is 3.91. The molecule has 0 unspecified atom stereocenters. The number of hydrogen-bond acceptors (Lipinski definition) is 4. The van der Waals surface area contributed by atoms with Crippen LogP contribution in [-0.4, -0.2) is 24.9 Å². The SMILES string of the molecule is CCCCOC(=O)CSc1ccc(CNCC(C)C)cc1. The van der Waals surface area contributed by atoms with E-state index in [9.17, 15) is 4.79 Å². The molecule has 1 aromatic rings. The smallest absolute Gasteiger partial charge is 0.316 e. The molecule has 118 valence electrons. The summed E-state index contributed by atoms with van der Waals surface area (Å²) in [6.45, 7) is 8.94. The molecule has 0 aliphatic rings. The number of benzene rings is 1. The highest BCUT2D eigenvalue weighted by Gasteiger charge is 2.04. The lowest BCUT2D eigenvalue weighted by Gasteiger charge is -2.08. The number of hydrogen-bond donors (Lipinski definition) is 1. The van der Waals surface area contributed by atoms with Gasteiger partial charge in [0.1, 0.15) is 0 Å². The quantitative estimate of drug-likeness (QED) is 0.404. The monoisotopic (exact) mass is 309 g/mol. The van der Waals surface area contributed by atoms with Crippen LogP contribution in [0.4, 0.5) is 0 Å². The van der Waals surface area contributed by atoms with Crippen LogP contribution in [0.5, 0.6) is 0 Å². The van der Waals surface area contributed by atoms with Crippen molar-refractivity contribution in [1.29, 1.82) is 0 Å². The topological polar surface area (TPSA) is 38.3 Å². The van der Waals surface area contributed by atoms with Crippen LogP contribution in [0.1, 0.15) is 39.2 Å². The summed E-state index contributed by atoms with van der Waals surface area (Å²) in [5.41, 5.74) is 1.27. The molecule has 0 aliphatic carbocycles. The normalized spacial score (nSPS) is 10.9. The molecule has 0 saturated carbocycles. The molecule has 1 aromatic carbocycles. The van der Waals surface area contributed by atoms with Crippen molar-refractivity contribution in [2.24, 2.45) is 5.92 Å². The van der Waals surface area contributed by atoms with Crippen LogP contribution < -0.4 is 5.32 Å². The fraction of sp³-hybridized carbons (Fsp3) is 0.588. The Kier molecular flexibility index (Phi) is 9.19. The Labute approximate surface area is 132 Å². The Hall–Kier alpha value is -1.00. The third-order valence-electron chi connectivity index (χ3n) is 2.92. The Morgan fingerprint density at radius 2 is 2.00 bits per heavy atom. The van der Waals surface area contributed by atoms with Gasteiger partial charge in [-0.25, -0.2) is 0 Å². The minimum atomic E-state index is -0.129. The van der Waals surface area contributed by atoms with Crippen LogP contribution >= 0.6 is 11.8 Å². The Bertz CT molecular complexity index is 404. The van der Waals surface area contributed by atoms with Gasteiger partial charge in [0.25, 0.3) is 0 Å². The van der Waals surface area contributed by atoms with Crippen LogP contribution in [0.15, 0.2) is 29.2 Å². The highest BCUT2D eigenvalue weighted by atomic mass is 32.2. The van der Waals surface area contributed by atoms with Crippen molar-refractivity contribution in [1.82, 2.24) is 5.32 Å². The van der Waals surface area contributed by atoms with Gasteiger partial charge in [0.05, 0.1) is 12.4 Å². The minimum absolute atomic E-state index is 0.129. The van der Waals surface area contributed by atoms with Crippen LogP contribution in [0.3, 0.4) is 0 Å². The molecule has 0 saturated heterocycles. The highest BCUT2D eigenvalue weighted by molar-refractivity contribution is 8.00. The summed E-state index contributed by atoms with van der Waals surface area (Å²) in [6, 6.07) is 8.35. The van der Waals surface area contributed by atoms with Crippen molar-refractivity contribution in [3.63, 3.8) is 0 Å².